The fourth-order valence-corrected chi connectivity index (χ4v) is 2.42. The third kappa shape index (κ3) is 3.90. The number of aliphatic carboxylic acids is 1. The molecule has 1 aliphatic rings. The molecule has 0 spiro atoms. The van der Waals surface area contributed by atoms with Crippen molar-refractivity contribution >= 4 is 17.4 Å². The smallest absolute Gasteiger partial charge is 0.306 e. The van der Waals surface area contributed by atoms with Crippen LogP contribution in [0, 0.1) is 11.7 Å². The van der Waals surface area contributed by atoms with Gasteiger partial charge in [0.25, 0.3) is 0 Å². The number of likely N-dealkylation sites (tertiary alicyclic amines) is 1. The normalized spacial score (nSPS) is 16.9. The van der Waals surface area contributed by atoms with Gasteiger partial charge in [-0.1, -0.05) is 12.1 Å². The van der Waals surface area contributed by atoms with E-state index in [4.69, 9.17) is 5.11 Å². The summed E-state index contributed by atoms with van der Waals surface area (Å²) in [5.74, 6) is -1.58. The van der Waals surface area contributed by atoms with Crippen LogP contribution in [-0.4, -0.2) is 35.0 Å². The quantitative estimate of drug-likeness (QED) is 0.871. The number of carboxylic acid groups (broad SMARTS) is 1. The number of halogens is 1. The molecule has 1 heterocycles. The van der Waals surface area contributed by atoms with E-state index in [9.17, 15) is 14.0 Å². The van der Waals surface area contributed by atoms with E-state index in [0.29, 0.717) is 25.9 Å². The summed E-state index contributed by atoms with van der Waals surface area (Å²) < 4.78 is 12.9. The molecule has 0 saturated carbocycles. The molecule has 1 amide bonds. The van der Waals surface area contributed by atoms with Crippen LogP contribution < -0.4 is 0 Å². The Kier molecular flexibility index (Phi) is 4.73. The number of allylic oxidation sites excluding steroid dienone is 1. The number of carboxylic acids is 1. The highest BCUT2D eigenvalue weighted by Gasteiger charge is 2.26. The van der Waals surface area contributed by atoms with Gasteiger partial charge in [0.15, 0.2) is 0 Å². The summed E-state index contributed by atoms with van der Waals surface area (Å²) in [5, 5.41) is 8.93. The van der Waals surface area contributed by atoms with Crippen LogP contribution in [0.15, 0.2) is 30.3 Å². The van der Waals surface area contributed by atoms with Gasteiger partial charge < -0.3 is 10.0 Å². The maximum atomic E-state index is 12.9. The van der Waals surface area contributed by atoms with E-state index < -0.39 is 5.97 Å². The van der Waals surface area contributed by atoms with Crippen LogP contribution >= 0.6 is 0 Å². The van der Waals surface area contributed by atoms with Crippen LogP contribution in [0.4, 0.5) is 4.39 Å². The predicted octanol–water partition coefficient (Wildman–Crippen LogP) is 2.55. The number of amides is 1. The first-order valence-electron chi connectivity index (χ1n) is 6.93. The summed E-state index contributed by atoms with van der Waals surface area (Å²) in [5.41, 5.74) is 1.56. The van der Waals surface area contributed by atoms with Crippen molar-refractivity contribution in [3.8, 4) is 0 Å². The summed E-state index contributed by atoms with van der Waals surface area (Å²) in [4.78, 5) is 24.7. The number of nitrogens with zero attached hydrogens (tertiary/aromatic N) is 1. The number of hydrogen-bond donors (Lipinski definition) is 1. The van der Waals surface area contributed by atoms with Gasteiger partial charge in [0.1, 0.15) is 5.82 Å². The van der Waals surface area contributed by atoms with Crippen molar-refractivity contribution in [1.29, 1.82) is 0 Å². The fourth-order valence-electron chi connectivity index (χ4n) is 2.42. The van der Waals surface area contributed by atoms with Crippen LogP contribution in [0.3, 0.4) is 0 Å². The molecule has 1 saturated heterocycles. The van der Waals surface area contributed by atoms with Gasteiger partial charge in [0.2, 0.25) is 5.91 Å². The Morgan fingerprint density at radius 3 is 2.33 bits per heavy atom. The molecule has 1 aliphatic heterocycles. The lowest BCUT2D eigenvalue weighted by atomic mass is 9.97. The Balaban J connectivity index is 1.99. The minimum Gasteiger partial charge on any atom is -0.481 e. The van der Waals surface area contributed by atoms with Crippen LogP contribution in [-0.2, 0) is 9.59 Å². The average molecular weight is 291 g/mol. The van der Waals surface area contributed by atoms with Crippen molar-refractivity contribution < 1.29 is 19.1 Å². The summed E-state index contributed by atoms with van der Waals surface area (Å²) in [6, 6.07) is 5.97. The number of carbonyl (C=O) groups is 2. The van der Waals surface area contributed by atoms with E-state index in [0.717, 1.165) is 11.1 Å². The average Bonchev–Trinajstić information content (AvgIpc) is 2.47. The zero-order chi connectivity index (χ0) is 15.4. The Morgan fingerprint density at radius 1 is 1.24 bits per heavy atom. The summed E-state index contributed by atoms with van der Waals surface area (Å²) in [7, 11) is 0. The third-order valence-electron chi connectivity index (χ3n) is 3.80. The minimum atomic E-state index is -0.792. The van der Waals surface area contributed by atoms with E-state index >= 15 is 0 Å². The Bertz CT molecular complexity index is 557. The maximum absolute atomic E-state index is 12.9. The second-order valence-corrected chi connectivity index (χ2v) is 5.27. The molecule has 0 aromatic heterocycles. The molecular weight excluding hydrogens is 273 g/mol. The second-order valence-electron chi connectivity index (χ2n) is 5.27. The largest absolute Gasteiger partial charge is 0.481 e. The zero-order valence-electron chi connectivity index (χ0n) is 11.9. The van der Waals surface area contributed by atoms with E-state index in [1.165, 1.54) is 18.2 Å². The molecule has 0 unspecified atom stereocenters. The molecular formula is C16H18FNO3. The summed E-state index contributed by atoms with van der Waals surface area (Å²) in [6.45, 7) is 2.72. The highest BCUT2D eigenvalue weighted by Crippen LogP contribution is 2.19. The van der Waals surface area contributed by atoms with Crippen LogP contribution in [0.2, 0.25) is 0 Å². The topological polar surface area (TPSA) is 57.6 Å². The number of carbonyl (C=O) groups excluding carboxylic acids is 1. The molecule has 1 N–H and O–H groups in total. The molecule has 0 atom stereocenters. The monoisotopic (exact) mass is 291 g/mol. The van der Waals surface area contributed by atoms with Gasteiger partial charge in [0.05, 0.1) is 5.92 Å². The van der Waals surface area contributed by atoms with Crippen molar-refractivity contribution in [1.82, 2.24) is 4.90 Å². The molecule has 1 aromatic rings. The molecule has 0 radical (unpaired) electrons. The number of rotatable bonds is 3. The minimum absolute atomic E-state index is 0.124. The van der Waals surface area contributed by atoms with E-state index in [-0.39, 0.29) is 17.6 Å². The molecule has 4 nitrogen and oxygen atoms in total. The standard InChI is InChI=1S/C16H18FNO3/c1-11(12-2-4-14(17)5-3-12)10-15(19)18-8-6-13(7-9-18)16(20)21/h2-5,10,13H,6-9H2,1H3,(H,20,21)/b11-10-. The van der Waals surface area contributed by atoms with Gasteiger partial charge in [0, 0.05) is 19.2 Å². The maximum Gasteiger partial charge on any atom is 0.306 e. The Hall–Kier alpha value is -2.17. The second kappa shape index (κ2) is 6.52. The molecule has 1 aromatic carbocycles. The summed E-state index contributed by atoms with van der Waals surface area (Å²) >= 11 is 0. The van der Waals surface area contributed by atoms with Gasteiger partial charge in [-0.3, -0.25) is 9.59 Å². The van der Waals surface area contributed by atoms with Crippen LogP contribution in [0.25, 0.3) is 5.57 Å². The van der Waals surface area contributed by atoms with Crippen molar-refractivity contribution in [2.45, 2.75) is 19.8 Å². The number of benzene rings is 1. The third-order valence-corrected chi connectivity index (χ3v) is 3.80. The van der Waals surface area contributed by atoms with Gasteiger partial charge >= 0.3 is 5.97 Å². The van der Waals surface area contributed by atoms with Crippen molar-refractivity contribution in [3.05, 3.63) is 41.7 Å². The first-order chi connectivity index (χ1) is 9.97. The highest BCUT2D eigenvalue weighted by atomic mass is 19.1. The van der Waals surface area contributed by atoms with E-state index in [1.807, 2.05) is 0 Å². The van der Waals surface area contributed by atoms with Gasteiger partial charge in [-0.25, -0.2) is 4.39 Å². The van der Waals surface area contributed by atoms with Crippen LogP contribution in [0.5, 0.6) is 0 Å². The van der Waals surface area contributed by atoms with Crippen molar-refractivity contribution in [2.24, 2.45) is 5.92 Å². The molecule has 0 bridgehead atoms. The molecule has 2 rings (SSSR count). The summed E-state index contributed by atoms with van der Waals surface area (Å²) in [6.07, 6.45) is 2.50. The first kappa shape index (κ1) is 15.2. The molecule has 112 valence electrons. The lowest BCUT2D eigenvalue weighted by molar-refractivity contribution is -0.144. The fraction of sp³-hybridized carbons (Fsp3) is 0.375. The molecule has 0 aliphatic carbocycles. The number of piperidine rings is 1. The Morgan fingerprint density at radius 2 is 1.81 bits per heavy atom. The van der Waals surface area contributed by atoms with Gasteiger partial charge in [-0.05, 0) is 43.0 Å². The predicted molar refractivity (Wildman–Crippen MR) is 77.0 cm³/mol. The molecule has 1 fully saturated rings. The molecule has 5 heteroatoms. The number of hydrogen-bond acceptors (Lipinski definition) is 2. The first-order valence-corrected chi connectivity index (χ1v) is 6.93. The van der Waals surface area contributed by atoms with Crippen molar-refractivity contribution in [2.75, 3.05) is 13.1 Å². The Labute approximate surface area is 122 Å². The van der Waals surface area contributed by atoms with Crippen LogP contribution in [0.1, 0.15) is 25.3 Å². The molecule has 21 heavy (non-hydrogen) atoms. The lowest BCUT2D eigenvalue weighted by Gasteiger charge is -2.29. The SMILES string of the molecule is C/C(=C/C(=O)N1CCC(C(=O)O)CC1)c1ccc(F)cc1. The lowest BCUT2D eigenvalue weighted by Crippen LogP contribution is -2.39. The highest BCUT2D eigenvalue weighted by molar-refractivity contribution is 5.95. The zero-order valence-corrected chi connectivity index (χ0v) is 11.9. The van der Waals surface area contributed by atoms with Gasteiger partial charge in [-0.2, -0.15) is 0 Å². The van der Waals surface area contributed by atoms with E-state index in [1.54, 1.807) is 24.0 Å². The van der Waals surface area contributed by atoms with E-state index in [2.05, 4.69) is 0 Å². The van der Waals surface area contributed by atoms with Gasteiger partial charge in [-0.15, -0.1) is 0 Å². The van der Waals surface area contributed by atoms with Crippen molar-refractivity contribution in [3.63, 3.8) is 0 Å².